The Morgan fingerprint density at radius 2 is 2.21 bits per heavy atom. The van der Waals surface area contributed by atoms with Gasteiger partial charge in [0.15, 0.2) is 0 Å². The van der Waals surface area contributed by atoms with Crippen LogP contribution in [0, 0.1) is 0 Å². The summed E-state index contributed by atoms with van der Waals surface area (Å²) in [5.74, 6) is 0.762. The zero-order chi connectivity index (χ0) is 13.7. The van der Waals surface area contributed by atoms with E-state index in [0.29, 0.717) is 17.3 Å². The normalized spacial score (nSPS) is 10.4. The number of rotatable bonds is 5. The largest absolute Gasteiger partial charge is 0.370 e. The second-order valence-corrected chi connectivity index (χ2v) is 4.51. The number of halogens is 1. The average molecular weight is 279 g/mol. The van der Waals surface area contributed by atoms with Gasteiger partial charge in [-0.25, -0.2) is 9.97 Å². The standard InChI is InChI=1S/C13H15ClN4O/c1-2-6-16-12-4-3-10(14)11(17-12)8-18-9-15-7-5-13(18)19/h3-5,7,9H,2,6,8H2,1H3,(H,16,17). The number of hydrogen-bond donors (Lipinski definition) is 1. The summed E-state index contributed by atoms with van der Waals surface area (Å²) in [5, 5.41) is 3.73. The van der Waals surface area contributed by atoms with Crippen molar-refractivity contribution >= 4 is 17.4 Å². The van der Waals surface area contributed by atoms with E-state index in [2.05, 4.69) is 22.2 Å². The van der Waals surface area contributed by atoms with E-state index in [4.69, 9.17) is 11.6 Å². The SMILES string of the molecule is CCCNc1ccc(Cl)c(Cn2cnccc2=O)n1. The first-order valence-electron chi connectivity index (χ1n) is 6.10. The van der Waals surface area contributed by atoms with Crippen LogP contribution in [0.5, 0.6) is 0 Å². The molecule has 2 aromatic heterocycles. The van der Waals surface area contributed by atoms with Crippen molar-refractivity contribution in [3.8, 4) is 0 Å². The molecule has 0 atom stereocenters. The van der Waals surface area contributed by atoms with Crippen LogP contribution in [-0.4, -0.2) is 21.1 Å². The van der Waals surface area contributed by atoms with E-state index in [1.165, 1.54) is 23.2 Å². The van der Waals surface area contributed by atoms with Crippen molar-refractivity contribution in [2.75, 3.05) is 11.9 Å². The van der Waals surface area contributed by atoms with Gasteiger partial charge in [0.1, 0.15) is 5.82 Å². The van der Waals surface area contributed by atoms with E-state index in [1.807, 2.05) is 6.07 Å². The molecule has 0 unspecified atom stereocenters. The highest BCUT2D eigenvalue weighted by Gasteiger charge is 2.06. The summed E-state index contributed by atoms with van der Waals surface area (Å²) in [5.41, 5.74) is 0.526. The van der Waals surface area contributed by atoms with Gasteiger partial charge >= 0.3 is 0 Å². The molecule has 19 heavy (non-hydrogen) atoms. The summed E-state index contributed by atoms with van der Waals surface area (Å²) >= 11 is 6.11. The molecule has 0 aliphatic heterocycles. The van der Waals surface area contributed by atoms with Gasteiger partial charge < -0.3 is 5.32 Å². The molecule has 0 radical (unpaired) electrons. The summed E-state index contributed by atoms with van der Waals surface area (Å²) in [6.07, 6.45) is 3.96. The van der Waals surface area contributed by atoms with Crippen molar-refractivity contribution < 1.29 is 0 Å². The molecule has 2 rings (SSSR count). The van der Waals surface area contributed by atoms with Crippen molar-refractivity contribution in [2.24, 2.45) is 0 Å². The van der Waals surface area contributed by atoms with Crippen LogP contribution < -0.4 is 10.9 Å². The molecule has 0 aromatic carbocycles. The van der Waals surface area contributed by atoms with Gasteiger partial charge in [0.2, 0.25) is 0 Å². The Labute approximate surface area is 116 Å². The van der Waals surface area contributed by atoms with Crippen molar-refractivity contribution in [2.45, 2.75) is 19.9 Å². The van der Waals surface area contributed by atoms with Gasteiger partial charge in [-0.05, 0) is 18.6 Å². The molecule has 2 heterocycles. The summed E-state index contributed by atoms with van der Waals surface area (Å²) in [6.45, 7) is 3.24. The zero-order valence-corrected chi connectivity index (χ0v) is 11.4. The van der Waals surface area contributed by atoms with Gasteiger partial charge in [-0.1, -0.05) is 18.5 Å². The molecule has 0 bridgehead atoms. The Kier molecular flexibility index (Phi) is 4.52. The van der Waals surface area contributed by atoms with Crippen LogP contribution in [0.3, 0.4) is 0 Å². The van der Waals surface area contributed by atoms with Crippen LogP contribution in [0.15, 0.2) is 35.5 Å². The molecule has 100 valence electrons. The number of aromatic nitrogens is 3. The molecular weight excluding hydrogens is 264 g/mol. The van der Waals surface area contributed by atoms with Crippen molar-refractivity contribution in [1.82, 2.24) is 14.5 Å². The molecule has 5 nitrogen and oxygen atoms in total. The molecule has 6 heteroatoms. The molecule has 0 spiro atoms. The topological polar surface area (TPSA) is 59.8 Å². The molecular formula is C13H15ClN4O. The van der Waals surface area contributed by atoms with Gasteiger partial charge in [0, 0.05) is 18.8 Å². The summed E-state index contributed by atoms with van der Waals surface area (Å²) in [4.78, 5) is 20.0. The maximum absolute atomic E-state index is 11.6. The van der Waals surface area contributed by atoms with Crippen LogP contribution in [0.2, 0.25) is 5.02 Å². The molecule has 0 saturated heterocycles. The smallest absolute Gasteiger partial charge is 0.253 e. The maximum atomic E-state index is 11.6. The minimum absolute atomic E-state index is 0.125. The molecule has 0 aliphatic carbocycles. The summed E-state index contributed by atoms with van der Waals surface area (Å²) < 4.78 is 1.47. The van der Waals surface area contributed by atoms with Crippen LogP contribution >= 0.6 is 11.6 Å². The van der Waals surface area contributed by atoms with E-state index in [0.717, 1.165) is 18.8 Å². The zero-order valence-electron chi connectivity index (χ0n) is 10.6. The number of hydrogen-bond acceptors (Lipinski definition) is 4. The second-order valence-electron chi connectivity index (χ2n) is 4.10. The third kappa shape index (κ3) is 3.54. The Morgan fingerprint density at radius 3 is 2.95 bits per heavy atom. The molecule has 0 fully saturated rings. The molecule has 0 saturated carbocycles. The van der Waals surface area contributed by atoms with Gasteiger partial charge in [0.25, 0.3) is 5.56 Å². The molecule has 0 amide bonds. The minimum Gasteiger partial charge on any atom is -0.370 e. The van der Waals surface area contributed by atoms with E-state index in [-0.39, 0.29) is 5.56 Å². The second kappa shape index (κ2) is 6.33. The highest BCUT2D eigenvalue weighted by atomic mass is 35.5. The first-order chi connectivity index (χ1) is 9.20. The predicted molar refractivity (Wildman–Crippen MR) is 75.6 cm³/mol. The Balaban J connectivity index is 2.24. The van der Waals surface area contributed by atoms with Crippen molar-refractivity contribution in [1.29, 1.82) is 0 Å². The quantitative estimate of drug-likeness (QED) is 0.910. The minimum atomic E-state index is -0.125. The van der Waals surface area contributed by atoms with E-state index in [1.54, 1.807) is 6.07 Å². The highest BCUT2D eigenvalue weighted by Crippen LogP contribution is 2.17. The average Bonchev–Trinajstić information content (AvgIpc) is 2.42. The molecule has 2 aromatic rings. The van der Waals surface area contributed by atoms with E-state index in [9.17, 15) is 4.79 Å². The predicted octanol–water partition coefficient (Wildman–Crippen LogP) is 2.16. The van der Waals surface area contributed by atoms with Crippen LogP contribution in [0.4, 0.5) is 5.82 Å². The van der Waals surface area contributed by atoms with Gasteiger partial charge in [-0.3, -0.25) is 9.36 Å². The fourth-order valence-corrected chi connectivity index (χ4v) is 1.77. The van der Waals surface area contributed by atoms with Crippen LogP contribution in [0.25, 0.3) is 0 Å². The van der Waals surface area contributed by atoms with Gasteiger partial charge in [-0.2, -0.15) is 0 Å². The first-order valence-corrected chi connectivity index (χ1v) is 6.48. The van der Waals surface area contributed by atoms with Crippen LogP contribution in [-0.2, 0) is 6.54 Å². The fraction of sp³-hybridized carbons (Fsp3) is 0.308. The number of pyridine rings is 1. The fourth-order valence-electron chi connectivity index (χ4n) is 1.61. The van der Waals surface area contributed by atoms with Gasteiger partial charge in [0.05, 0.1) is 23.6 Å². The highest BCUT2D eigenvalue weighted by molar-refractivity contribution is 6.31. The Morgan fingerprint density at radius 1 is 1.37 bits per heavy atom. The number of nitrogens with one attached hydrogen (secondary N) is 1. The Hall–Kier alpha value is -1.88. The lowest BCUT2D eigenvalue weighted by molar-refractivity contribution is 0.719. The number of anilines is 1. The van der Waals surface area contributed by atoms with E-state index < -0.39 is 0 Å². The summed E-state index contributed by atoms with van der Waals surface area (Å²) in [6, 6.07) is 5.02. The maximum Gasteiger partial charge on any atom is 0.253 e. The van der Waals surface area contributed by atoms with Crippen LogP contribution in [0.1, 0.15) is 19.0 Å². The molecule has 0 aliphatic rings. The van der Waals surface area contributed by atoms with Gasteiger partial charge in [-0.15, -0.1) is 0 Å². The first kappa shape index (κ1) is 13.5. The summed E-state index contributed by atoms with van der Waals surface area (Å²) in [7, 11) is 0. The third-order valence-electron chi connectivity index (χ3n) is 2.59. The lowest BCUT2D eigenvalue weighted by Crippen LogP contribution is -2.20. The third-order valence-corrected chi connectivity index (χ3v) is 2.93. The van der Waals surface area contributed by atoms with E-state index >= 15 is 0 Å². The van der Waals surface area contributed by atoms with Crippen molar-refractivity contribution in [3.05, 3.63) is 51.8 Å². The number of nitrogens with zero attached hydrogens (tertiary/aromatic N) is 3. The van der Waals surface area contributed by atoms with Crippen molar-refractivity contribution in [3.63, 3.8) is 0 Å². The lowest BCUT2D eigenvalue weighted by Gasteiger charge is -2.09. The Bertz CT molecular complexity index is 612. The monoisotopic (exact) mass is 278 g/mol. The molecule has 1 N–H and O–H groups in total. The lowest BCUT2D eigenvalue weighted by atomic mass is 10.3.